The molecule has 2 atom stereocenters. The summed E-state index contributed by atoms with van der Waals surface area (Å²) in [7, 11) is 0. The monoisotopic (exact) mass is 238 g/mol. The first-order chi connectivity index (χ1) is 7.70. The molecule has 88 valence electrons. The third-order valence-corrected chi connectivity index (χ3v) is 3.70. The molecule has 16 heavy (non-hydrogen) atoms. The number of rotatable bonds is 2. The summed E-state index contributed by atoms with van der Waals surface area (Å²) in [6.45, 7) is 5.74. The van der Waals surface area contributed by atoms with Gasteiger partial charge in [-0.1, -0.05) is 13.0 Å². The van der Waals surface area contributed by atoms with Crippen molar-refractivity contribution in [3.05, 3.63) is 23.9 Å². The Labute approximate surface area is 103 Å². The summed E-state index contributed by atoms with van der Waals surface area (Å²) in [5, 5.41) is 0. The Balaban J connectivity index is 2.11. The molecule has 0 spiro atoms. The Morgan fingerprint density at radius 3 is 2.81 bits per heavy atom. The van der Waals surface area contributed by atoms with Gasteiger partial charge in [0, 0.05) is 24.7 Å². The Kier molecular flexibility index (Phi) is 3.70. The second-order valence-corrected chi connectivity index (χ2v) is 5.10. The number of halogens is 1. The first kappa shape index (κ1) is 11.7. The highest BCUT2D eigenvalue weighted by molar-refractivity contribution is 6.17. The summed E-state index contributed by atoms with van der Waals surface area (Å²) in [5.74, 6) is 2.47. The Morgan fingerprint density at radius 2 is 2.25 bits per heavy atom. The molecule has 0 aromatic carbocycles. The van der Waals surface area contributed by atoms with Gasteiger partial charge in [0.05, 0.1) is 0 Å². The molecule has 1 saturated heterocycles. The second kappa shape index (κ2) is 5.05. The van der Waals surface area contributed by atoms with E-state index >= 15 is 0 Å². The fourth-order valence-electron chi connectivity index (χ4n) is 2.41. The van der Waals surface area contributed by atoms with Crippen LogP contribution in [-0.2, 0) is 5.88 Å². The smallest absolute Gasteiger partial charge is 0.128 e. The highest BCUT2D eigenvalue weighted by atomic mass is 35.5. The van der Waals surface area contributed by atoms with Gasteiger partial charge in [0.2, 0.25) is 0 Å². The van der Waals surface area contributed by atoms with Crippen LogP contribution in [0.4, 0.5) is 5.82 Å². The third kappa shape index (κ3) is 2.49. The van der Waals surface area contributed by atoms with Crippen LogP contribution < -0.4 is 4.90 Å². The van der Waals surface area contributed by atoms with Gasteiger partial charge in [-0.2, -0.15) is 0 Å². The number of pyridine rings is 1. The molecule has 3 heteroatoms. The molecular weight excluding hydrogens is 220 g/mol. The van der Waals surface area contributed by atoms with Crippen LogP contribution in [0.25, 0.3) is 0 Å². The van der Waals surface area contributed by atoms with Crippen molar-refractivity contribution in [1.29, 1.82) is 0 Å². The number of nitrogens with zero attached hydrogens (tertiary/aromatic N) is 2. The lowest BCUT2D eigenvalue weighted by molar-refractivity contribution is 0.376. The van der Waals surface area contributed by atoms with Crippen molar-refractivity contribution in [2.75, 3.05) is 11.4 Å². The molecule has 0 radical (unpaired) electrons. The van der Waals surface area contributed by atoms with Gasteiger partial charge < -0.3 is 4.90 Å². The van der Waals surface area contributed by atoms with E-state index in [1.54, 1.807) is 0 Å². The number of hydrogen-bond acceptors (Lipinski definition) is 2. The number of anilines is 1. The second-order valence-electron chi connectivity index (χ2n) is 4.83. The van der Waals surface area contributed by atoms with Crippen molar-refractivity contribution in [1.82, 2.24) is 4.98 Å². The van der Waals surface area contributed by atoms with Crippen LogP contribution in [-0.4, -0.2) is 17.6 Å². The predicted molar refractivity (Wildman–Crippen MR) is 69.0 cm³/mol. The van der Waals surface area contributed by atoms with E-state index in [0.29, 0.717) is 11.9 Å². The van der Waals surface area contributed by atoms with E-state index in [0.717, 1.165) is 23.8 Å². The van der Waals surface area contributed by atoms with E-state index in [9.17, 15) is 0 Å². The minimum absolute atomic E-state index is 0.542. The lowest BCUT2D eigenvalue weighted by Gasteiger charge is -2.37. The van der Waals surface area contributed by atoms with Gasteiger partial charge in [-0.05, 0) is 37.3 Å². The first-order valence-corrected chi connectivity index (χ1v) is 6.51. The summed E-state index contributed by atoms with van der Waals surface area (Å²) in [5.41, 5.74) is 1.09. The van der Waals surface area contributed by atoms with Gasteiger partial charge in [0.25, 0.3) is 0 Å². The minimum atomic E-state index is 0.542. The molecular formula is C13H19ClN2. The van der Waals surface area contributed by atoms with E-state index in [2.05, 4.69) is 35.9 Å². The molecule has 0 N–H and O–H groups in total. The summed E-state index contributed by atoms with van der Waals surface area (Å²) in [6.07, 6.45) is 4.41. The lowest BCUT2D eigenvalue weighted by Crippen LogP contribution is -2.40. The molecule has 1 aliphatic rings. The zero-order valence-corrected chi connectivity index (χ0v) is 10.7. The third-order valence-electron chi connectivity index (χ3n) is 3.40. The van der Waals surface area contributed by atoms with Crippen molar-refractivity contribution in [2.45, 2.75) is 38.6 Å². The number of aromatic nitrogens is 1. The van der Waals surface area contributed by atoms with Gasteiger partial charge in [0.15, 0.2) is 0 Å². The first-order valence-electron chi connectivity index (χ1n) is 5.98. The van der Waals surface area contributed by atoms with E-state index < -0.39 is 0 Å². The van der Waals surface area contributed by atoms with Crippen molar-refractivity contribution in [2.24, 2.45) is 5.92 Å². The van der Waals surface area contributed by atoms with Gasteiger partial charge in [-0.25, -0.2) is 4.98 Å². The standard InChI is InChI=1S/C13H19ClN2/c1-10-5-6-16(11(2)7-10)13-4-3-12(8-14)9-15-13/h3-4,9-11H,5-8H2,1-2H3. The fraction of sp³-hybridized carbons (Fsp3) is 0.615. The highest BCUT2D eigenvalue weighted by Gasteiger charge is 2.23. The van der Waals surface area contributed by atoms with Crippen LogP contribution >= 0.6 is 11.6 Å². The average Bonchev–Trinajstić information content (AvgIpc) is 2.29. The van der Waals surface area contributed by atoms with Gasteiger partial charge >= 0.3 is 0 Å². The van der Waals surface area contributed by atoms with Crippen LogP contribution in [0.15, 0.2) is 18.3 Å². The predicted octanol–water partition coefficient (Wildman–Crippen LogP) is 3.45. The number of alkyl halides is 1. The maximum absolute atomic E-state index is 5.76. The molecule has 0 bridgehead atoms. The average molecular weight is 239 g/mol. The maximum Gasteiger partial charge on any atom is 0.128 e. The molecule has 2 rings (SSSR count). The molecule has 1 fully saturated rings. The Morgan fingerprint density at radius 1 is 1.44 bits per heavy atom. The summed E-state index contributed by atoms with van der Waals surface area (Å²) >= 11 is 5.76. The van der Waals surface area contributed by atoms with Gasteiger partial charge in [-0.15, -0.1) is 11.6 Å². The fourth-order valence-corrected chi connectivity index (χ4v) is 2.57. The van der Waals surface area contributed by atoms with E-state index in [1.807, 2.05) is 6.20 Å². The molecule has 1 aromatic heterocycles. The molecule has 2 heterocycles. The van der Waals surface area contributed by atoms with E-state index in [-0.39, 0.29) is 0 Å². The van der Waals surface area contributed by atoms with Crippen LogP contribution in [0.2, 0.25) is 0 Å². The molecule has 1 aliphatic heterocycles. The SMILES string of the molecule is CC1CCN(c2ccc(CCl)cn2)C(C)C1. The zero-order chi connectivity index (χ0) is 11.5. The van der Waals surface area contributed by atoms with E-state index in [1.165, 1.54) is 12.8 Å². The molecule has 2 nitrogen and oxygen atoms in total. The van der Waals surface area contributed by atoms with Crippen molar-refractivity contribution in [3.63, 3.8) is 0 Å². The van der Waals surface area contributed by atoms with Crippen molar-refractivity contribution in [3.8, 4) is 0 Å². The van der Waals surface area contributed by atoms with Gasteiger partial charge in [0.1, 0.15) is 5.82 Å². The maximum atomic E-state index is 5.76. The minimum Gasteiger partial charge on any atom is -0.354 e. The van der Waals surface area contributed by atoms with E-state index in [4.69, 9.17) is 11.6 Å². The molecule has 1 aromatic rings. The lowest BCUT2D eigenvalue weighted by atomic mass is 9.93. The zero-order valence-electron chi connectivity index (χ0n) is 9.99. The van der Waals surface area contributed by atoms with Crippen molar-refractivity contribution < 1.29 is 0 Å². The Hall–Kier alpha value is -0.760. The summed E-state index contributed by atoms with van der Waals surface area (Å²) in [4.78, 5) is 6.89. The summed E-state index contributed by atoms with van der Waals surface area (Å²) in [6, 6.07) is 4.75. The largest absolute Gasteiger partial charge is 0.354 e. The van der Waals surface area contributed by atoms with Crippen LogP contribution in [0.5, 0.6) is 0 Å². The van der Waals surface area contributed by atoms with Gasteiger partial charge in [-0.3, -0.25) is 0 Å². The highest BCUT2D eigenvalue weighted by Crippen LogP contribution is 2.26. The normalized spacial score (nSPS) is 25.8. The molecule has 0 amide bonds. The molecule has 0 saturated carbocycles. The quantitative estimate of drug-likeness (QED) is 0.734. The summed E-state index contributed by atoms with van der Waals surface area (Å²) < 4.78 is 0. The van der Waals surface area contributed by atoms with Crippen molar-refractivity contribution >= 4 is 17.4 Å². The number of hydrogen-bond donors (Lipinski definition) is 0. The topological polar surface area (TPSA) is 16.1 Å². The van der Waals surface area contributed by atoms with Crippen LogP contribution in [0.3, 0.4) is 0 Å². The molecule has 2 unspecified atom stereocenters. The Bertz CT molecular complexity index is 336. The van der Waals surface area contributed by atoms with Crippen LogP contribution in [0.1, 0.15) is 32.3 Å². The van der Waals surface area contributed by atoms with Crippen LogP contribution in [0, 0.1) is 5.92 Å². The number of piperidine rings is 1. The molecule has 0 aliphatic carbocycles.